The first-order valence-electron chi connectivity index (χ1n) is 5.48. The second-order valence-electron chi connectivity index (χ2n) is 4.13. The molecule has 88 valence electrons. The Bertz CT molecular complexity index is 359. The molecule has 4 heteroatoms. The number of hydrogen-bond acceptors (Lipinski definition) is 3. The highest BCUT2D eigenvalue weighted by Crippen LogP contribution is 2.31. The number of rotatable bonds is 4. The third kappa shape index (κ3) is 1.72. The van der Waals surface area contributed by atoms with Crippen molar-refractivity contribution in [2.45, 2.75) is 12.5 Å². The van der Waals surface area contributed by atoms with E-state index >= 15 is 0 Å². The highest BCUT2D eigenvalue weighted by atomic mass is 28.4. The Morgan fingerprint density at radius 2 is 1.81 bits per heavy atom. The van der Waals surface area contributed by atoms with Crippen molar-refractivity contribution >= 4 is 13.7 Å². The summed E-state index contributed by atoms with van der Waals surface area (Å²) >= 11 is 0. The van der Waals surface area contributed by atoms with Crippen molar-refractivity contribution in [3.63, 3.8) is 0 Å². The van der Waals surface area contributed by atoms with Crippen LogP contribution in [0.15, 0.2) is 24.3 Å². The fourth-order valence-electron chi connectivity index (χ4n) is 2.28. The summed E-state index contributed by atoms with van der Waals surface area (Å²) in [4.78, 5) is 0. The normalized spacial score (nSPS) is 17.2. The van der Waals surface area contributed by atoms with Crippen LogP contribution < -0.4 is 5.19 Å². The van der Waals surface area contributed by atoms with Crippen LogP contribution in [0.4, 0.5) is 0 Å². The van der Waals surface area contributed by atoms with Crippen molar-refractivity contribution in [3.05, 3.63) is 29.8 Å². The molecule has 0 aromatic heterocycles. The van der Waals surface area contributed by atoms with Crippen molar-refractivity contribution in [1.82, 2.24) is 0 Å². The van der Waals surface area contributed by atoms with E-state index in [1.165, 1.54) is 10.8 Å². The molecule has 2 rings (SSSR count). The summed E-state index contributed by atoms with van der Waals surface area (Å²) in [5.41, 5.74) is 1.65. The van der Waals surface area contributed by atoms with Gasteiger partial charge in [-0.25, -0.2) is 0 Å². The van der Waals surface area contributed by atoms with Gasteiger partial charge in [0.2, 0.25) is 0 Å². The minimum absolute atomic E-state index is 0.406. The van der Waals surface area contributed by atoms with Crippen LogP contribution in [0.25, 0.3) is 0 Å². The Balaban J connectivity index is 2.42. The van der Waals surface area contributed by atoms with Gasteiger partial charge in [0.05, 0.1) is 18.8 Å². The van der Waals surface area contributed by atoms with Crippen molar-refractivity contribution in [2.75, 3.05) is 27.4 Å². The van der Waals surface area contributed by atoms with E-state index < -0.39 is 8.56 Å². The van der Waals surface area contributed by atoms with Crippen LogP contribution in [-0.2, 0) is 13.6 Å². The minimum Gasteiger partial charge on any atom is -0.394 e. The van der Waals surface area contributed by atoms with E-state index in [1.54, 1.807) is 14.2 Å². The number of aryl methyl sites for hydroxylation is 1. The molecule has 1 heterocycles. The highest BCUT2D eigenvalue weighted by molar-refractivity contribution is 6.83. The topological polar surface area (TPSA) is 27.7 Å². The fourth-order valence-corrected chi connectivity index (χ4v) is 5.62. The van der Waals surface area contributed by atoms with Crippen LogP contribution in [0.1, 0.15) is 5.56 Å². The van der Waals surface area contributed by atoms with Gasteiger partial charge in [-0.2, -0.15) is 0 Å². The maximum atomic E-state index is 5.79. The molecule has 0 saturated carbocycles. The number of ether oxygens (including phenoxy) is 1. The van der Waals surface area contributed by atoms with Gasteiger partial charge in [0.25, 0.3) is 0 Å². The van der Waals surface area contributed by atoms with Gasteiger partial charge >= 0.3 is 8.56 Å². The molecule has 0 bridgehead atoms. The largest absolute Gasteiger partial charge is 0.394 e. The summed E-state index contributed by atoms with van der Waals surface area (Å²) in [6, 6.07) is 8.31. The quantitative estimate of drug-likeness (QED) is 0.741. The van der Waals surface area contributed by atoms with Gasteiger partial charge < -0.3 is 13.6 Å². The molecule has 0 radical (unpaired) electrons. The molecule has 0 unspecified atom stereocenters. The molecule has 1 aliphatic rings. The Hall–Kier alpha value is -0.683. The first-order valence-corrected chi connectivity index (χ1v) is 7.38. The fraction of sp³-hybridized carbons (Fsp3) is 0.500. The predicted molar refractivity (Wildman–Crippen MR) is 65.2 cm³/mol. The van der Waals surface area contributed by atoms with Gasteiger partial charge in [-0.05, 0) is 17.7 Å². The standard InChI is InChI=1S/C12H18O3Si/c1-10-6-4-5-7-12(10)16(13-2,14-3)11-8-15-9-11/h4-7,11H,8-9H2,1-3H3. The summed E-state index contributed by atoms with van der Waals surface area (Å²) in [6.07, 6.45) is 0. The molecule has 0 amide bonds. The molecule has 0 N–H and O–H groups in total. The van der Waals surface area contributed by atoms with Gasteiger partial charge in [0.15, 0.2) is 0 Å². The summed E-state index contributed by atoms with van der Waals surface area (Å²) in [5, 5.41) is 1.23. The third-order valence-electron chi connectivity index (χ3n) is 3.30. The van der Waals surface area contributed by atoms with Crippen molar-refractivity contribution in [2.24, 2.45) is 0 Å². The van der Waals surface area contributed by atoms with Crippen molar-refractivity contribution in [3.8, 4) is 0 Å². The molecule has 1 fully saturated rings. The Morgan fingerprint density at radius 1 is 1.19 bits per heavy atom. The van der Waals surface area contributed by atoms with E-state index in [9.17, 15) is 0 Å². The Morgan fingerprint density at radius 3 is 2.25 bits per heavy atom. The lowest BCUT2D eigenvalue weighted by atomic mass is 10.2. The summed E-state index contributed by atoms with van der Waals surface area (Å²) in [6.45, 7) is 3.61. The molecule has 0 aliphatic carbocycles. The maximum Gasteiger partial charge on any atom is 0.380 e. The van der Waals surface area contributed by atoms with Crippen LogP contribution in [0.2, 0.25) is 5.54 Å². The molecule has 3 nitrogen and oxygen atoms in total. The van der Waals surface area contributed by atoms with Gasteiger partial charge in [0, 0.05) is 14.2 Å². The maximum absolute atomic E-state index is 5.79. The minimum atomic E-state index is -2.31. The van der Waals surface area contributed by atoms with E-state index in [4.69, 9.17) is 13.6 Å². The predicted octanol–water partition coefficient (Wildman–Crippen LogP) is 1.34. The van der Waals surface area contributed by atoms with Crippen LogP contribution in [0, 0.1) is 6.92 Å². The van der Waals surface area contributed by atoms with E-state index in [1.807, 2.05) is 12.1 Å². The summed E-state index contributed by atoms with van der Waals surface area (Å²) < 4.78 is 16.9. The zero-order valence-electron chi connectivity index (χ0n) is 10.0. The lowest BCUT2D eigenvalue weighted by Gasteiger charge is -2.40. The van der Waals surface area contributed by atoms with Crippen LogP contribution in [0.3, 0.4) is 0 Å². The first-order chi connectivity index (χ1) is 7.74. The monoisotopic (exact) mass is 238 g/mol. The molecular weight excluding hydrogens is 220 g/mol. The van der Waals surface area contributed by atoms with E-state index in [-0.39, 0.29) is 0 Å². The second kappa shape index (κ2) is 4.67. The van der Waals surface area contributed by atoms with E-state index in [0.717, 1.165) is 13.2 Å². The number of hydrogen-bond donors (Lipinski definition) is 0. The average Bonchev–Trinajstić information content (AvgIpc) is 2.24. The molecule has 1 aromatic rings. The summed E-state index contributed by atoms with van der Waals surface area (Å²) in [5.74, 6) is 0. The van der Waals surface area contributed by atoms with Gasteiger partial charge in [-0.15, -0.1) is 0 Å². The zero-order valence-corrected chi connectivity index (χ0v) is 11.0. The van der Waals surface area contributed by atoms with E-state index in [2.05, 4.69) is 19.1 Å². The smallest absolute Gasteiger partial charge is 0.380 e. The molecular formula is C12H18O3Si. The van der Waals surface area contributed by atoms with Crippen LogP contribution in [0.5, 0.6) is 0 Å². The third-order valence-corrected chi connectivity index (χ3v) is 7.24. The average molecular weight is 238 g/mol. The number of benzene rings is 1. The lowest BCUT2D eigenvalue weighted by Crippen LogP contribution is -2.61. The second-order valence-corrected chi connectivity index (χ2v) is 7.63. The first kappa shape index (κ1) is 11.8. The Labute approximate surface area is 97.6 Å². The molecule has 16 heavy (non-hydrogen) atoms. The molecule has 1 aromatic carbocycles. The molecule has 0 spiro atoms. The van der Waals surface area contributed by atoms with Gasteiger partial charge in [-0.1, -0.05) is 24.3 Å². The summed E-state index contributed by atoms with van der Waals surface area (Å²) in [7, 11) is 1.20. The molecule has 1 aliphatic heterocycles. The van der Waals surface area contributed by atoms with Crippen LogP contribution >= 0.6 is 0 Å². The van der Waals surface area contributed by atoms with Gasteiger partial charge in [-0.3, -0.25) is 0 Å². The lowest BCUT2D eigenvalue weighted by molar-refractivity contribution is 0.0154. The Kier molecular flexibility index (Phi) is 3.44. The molecule has 0 atom stereocenters. The zero-order chi connectivity index (χ0) is 11.6. The van der Waals surface area contributed by atoms with Crippen LogP contribution in [-0.4, -0.2) is 36.0 Å². The SMILES string of the molecule is CO[Si](OC)(c1ccccc1C)C1COC1. The highest BCUT2D eigenvalue weighted by Gasteiger charge is 2.50. The van der Waals surface area contributed by atoms with Crippen molar-refractivity contribution < 1.29 is 13.6 Å². The van der Waals surface area contributed by atoms with Crippen molar-refractivity contribution in [1.29, 1.82) is 0 Å². The van der Waals surface area contributed by atoms with E-state index in [0.29, 0.717) is 5.54 Å². The van der Waals surface area contributed by atoms with Gasteiger partial charge in [0.1, 0.15) is 0 Å². The molecule has 1 saturated heterocycles.